The van der Waals surface area contributed by atoms with Crippen LogP contribution < -0.4 is 5.32 Å². The number of likely N-dealkylation sites (tertiary alicyclic amines) is 1. The van der Waals surface area contributed by atoms with Gasteiger partial charge in [0.1, 0.15) is 5.82 Å². The van der Waals surface area contributed by atoms with Crippen LogP contribution in [0.25, 0.3) is 0 Å². The van der Waals surface area contributed by atoms with Gasteiger partial charge in [0.05, 0.1) is 5.69 Å². The lowest BCUT2D eigenvalue weighted by Gasteiger charge is -2.29. The van der Waals surface area contributed by atoms with Crippen molar-refractivity contribution in [1.82, 2.24) is 19.9 Å². The summed E-state index contributed by atoms with van der Waals surface area (Å²) in [6.07, 6.45) is 6.00. The molecule has 20 heavy (non-hydrogen) atoms. The first-order valence-corrected chi connectivity index (χ1v) is 7.01. The van der Waals surface area contributed by atoms with E-state index in [0.717, 1.165) is 18.1 Å². The van der Waals surface area contributed by atoms with Gasteiger partial charge in [0.15, 0.2) is 0 Å². The largest absolute Gasteiger partial charge is 0.309 e. The average Bonchev–Trinajstić information content (AvgIpc) is 2.49. The number of hydrogen-bond acceptors (Lipinski definition) is 5. The van der Waals surface area contributed by atoms with E-state index in [-0.39, 0.29) is 0 Å². The lowest BCUT2D eigenvalue weighted by atomic mass is 9.95. The van der Waals surface area contributed by atoms with Crippen LogP contribution in [0, 0.1) is 0 Å². The minimum Gasteiger partial charge on any atom is -0.309 e. The Kier molecular flexibility index (Phi) is 3.87. The number of hydrogen-bond donors (Lipinski definition) is 1. The number of piperidine rings is 1. The van der Waals surface area contributed by atoms with Crippen molar-refractivity contribution in [2.75, 3.05) is 25.5 Å². The highest BCUT2D eigenvalue weighted by molar-refractivity contribution is 5.46. The van der Waals surface area contributed by atoms with E-state index in [1.54, 1.807) is 6.20 Å². The van der Waals surface area contributed by atoms with Crippen LogP contribution in [0.5, 0.6) is 0 Å². The van der Waals surface area contributed by atoms with Gasteiger partial charge in [-0.2, -0.15) is 0 Å². The fourth-order valence-corrected chi connectivity index (χ4v) is 2.62. The summed E-state index contributed by atoms with van der Waals surface area (Å²) in [5.74, 6) is 1.89. The molecule has 2 aromatic heterocycles. The van der Waals surface area contributed by atoms with Gasteiger partial charge in [-0.15, -0.1) is 0 Å². The average molecular weight is 269 g/mol. The van der Waals surface area contributed by atoms with Crippen LogP contribution in [0.3, 0.4) is 0 Å². The van der Waals surface area contributed by atoms with Gasteiger partial charge in [0, 0.05) is 24.9 Å². The van der Waals surface area contributed by atoms with Gasteiger partial charge in [-0.25, -0.2) is 15.0 Å². The summed E-state index contributed by atoms with van der Waals surface area (Å²) >= 11 is 0. The Morgan fingerprint density at radius 3 is 2.95 bits per heavy atom. The second-order valence-corrected chi connectivity index (χ2v) is 5.25. The van der Waals surface area contributed by atoms with E-state index in [9.17, 15) is 0 Å². The Morgan fingerprint density at radius 2 is 2.15 bits per heavy atom. The Balaban J connectivity index is 1.75. The third-order valence-electron chi connectivity index (χ3n) is 3.62. The summed E-state index contributed by atoms with van der Waals surface area (Å²) in [5.41, 5.74) is 1.12. The summed E-state index contributed by atoms with van der Waals surface area (Å²) in [6.45, 7) is 2.25. The van der Waals surface area contributed by atoms with Crippen LogP contribution >= 0.6 is 0 Å². The molecule has 1 N–H and O–H groups in total. The van der Waals surface area contributed by atoms with Crippen LogP contribution in [-0.4, -0.2) is 40.0 Å². The van der Waals surface area contributed by atoms with E-state index in [2.05, 4.69) is 32.2 Å². The molecule has 0 radical (unpaired) electrons. The predicted octanol–water partition coefficient (Wildman–Crippen LogP) is 2.42. The molecule has 1 fully saturated rings. The molecular weight excluding hydrogens is 250 g/mol. The van der Waals surface area contributed by atoms with Crippen molar-refractivity contribution in [3.63, 3.8) is 0 Å². The van der Waals surface area contributed by atoms with E-state index in [0.29, 0.717) is 11.9 Å². The molecule has 0 aromatic carbocycles. The van der Waals surface area contributed by atoms with Crippen LogP contribution in [0.1, 0.15) is 24.5 Å². The number of nitrogens with one attached hydrogen (secondary N) is 1. The highest BCUT2D eigenvalue weighted by atomic mass is 15.1. The number of pyridine rings is 1. The maximum atomic E-state index is 4.64. The molecule has 0 saturated carbocycles. The maximum absolute atomic E-state index is 4.64. The Hall–Kier alpha value is -2.01. The van der Waals surface area contributed by atoms with Crippen LogP contribution in [0.2, 0.25) is 0 Å². The predicted molar refractivity (Wildman–Crippen MR) is 79.0 cm³/mol. The lowest BCUT2D eigenvalue weighted by Crippen LogP contribution is -2.31. The third-order valence-corrected chi connectivity index (χ3v) is 3.62. The number of rotatable bonds is 3. The van der Waals surface area contributed by atoms with Crippen molar-refractivity contribution in [3.8, 4) is 0 Å². The van der Waals surface area contributed by atoms with E-state index in [4.69, 9.17) is 0 Å². The smallest absolute Gasteiger partial charge is 0.228 e. The Morgan fingerprint density at radius 1 is 1.20 bits per heavy atom. The highest BCUT2D eigenvalue weighted by Gasteiger charge is 2.20. The number of nitrogens with zero attached hydrogens (tertiary/aromatic N) is 4. The topological polar surface area (TPSA) is 53.9 Å². The molecule has 0 aliphatic carbocycles. The van der Waals surface area contributed by atoms with Crippen molar-refractivity contribution in [2.45, 2.75) is 18.8 Å². The molecule has 5 nitrogen and oxygen atoms in total. The molecule has 0 bridgehead atoms. The first-order valence-electron chi connectivity index (χ1n) is 7.01. The monoisotopic (exact) mass is 269 g/mol. The SMILES string of the molecule is CN1CCCC(c2ccnc(Nc3ccccn3)n2)C1. The number of aromatic nitrogens is 3. The molecule has 1 atom stereocenters. The van der Waals surface area contributed by atoms with Crippen LogP contribution in [0.4, 0.5) is 11.8 Å². The first kappa shape index (κ1) is 13.0. The lowest BCUT2D eigenvalue weighted by molar-refractivity contribution is 0.248. The molecule has 3 heterocycles. The summed E-state index contributed by atoms with van der Waals surface area (Å²) in [7, 11) is 2.17. The van der Waals surface area contributed by atoms with Crippen molar-refractivity contribution in [3.05, 3.63) is 42.4 Å². The molecular formula is C15H19N5. The summed E-state index contributed by atoms with van der Waals surface area (Å²) in [6, 6.07) is 7.76. The van der Waals surface area contributed by atoms with Crippen molar-refractivity contribution < 1.29 is 0 Å². The summed E-state index contributed by atoms with van der Waals surface area (Å²) in [5, 5.41) is 3.15. The molecule has 0 spiro atoms. The fourth-order valence-electron chi connectivity index (χ4n) is 2.62. The molecule has 104 valence electrons. The van der Waals surface area contributed by atoms with E-state index in [1.165, 1.54) is 19.4 Å². The first-order chi connectivity index (χ1) is 9.81. The number of likely N-dealkylation sites (N-methyl/N-ethyl adjacent to an activating group) is 1. The van der Waals surface area contributed by atoms with Gasteiger partial charge in [-0.05, 0) is 44.6 Å². The fraction of sp³-hybridized carbons (Fsp3) is 0.400. The van der Waals surface area contributed by atoms with Crippen molar-refractivity contribution >= 4 is 11.8 Å². The minimum atomic E-state index is 0.501. The highest BCUT2D eigenvalue weighted by Crippen LogP contribution is 2.25. The van der Waals surface area contributed by atoms with Gasteiger partial charge in [0.25, 0.3) is 0 Å². The van der Waals surface area contributed by atoms with Crippen LogP contribution in [0.15, 0.2) is 36.7 Å². The normalized spacial score (nSPS) is 19.8. The van der Waals surface area contributed by atoms with Gasteiger partial charge in [-0.1, -0.05) is 6.07 Å². The van der Waals surface area contributed by atoms with Gasteiger partial charge in [-0.3, -0.25) is 0 Å². The van der Waals surface area contributed by atoms with E-state index < -0.39 is 0 Å². The molecule has 5 heteroatoms. The minimum absolute atomic E-state index is 0.501. The Bertz CT molecular complexity index is 557. The molecule has 2 aromatic rings. The third kappa shape index (κ3) is 3.11. The summed E-state index contributed by atoms with van der Waals surface area (Å²) in [4.78, 5) is 15.5. The molecule has 3 rings (SSSR count). The van der Waals surface area contributed by atoms with Crippen molar-refractivity contribution in [1.29, 1.82) is 0 Å². The number of anilines is 2. The molecule has 1 aliphatic rings. The van der Waals surface area contributed by atoms with Crippen LogP contribution in [-0.2, 0) is 0 Å². The van der Waals surface area contributed by atoms with E-state index in [1.807, 2.05) is 30.5 Å². The maximum Gasteiger partial charge on any atom is 0.228 e. The second-order valence-electron chi connectivity index (χ2n) is 5.25. The van der Waals surface area contributed by atoms with Gasteiger partial charge < -0.3 is 10.2 Å². The molecule has 1 saturated heterocycles. The quantitative estimate of drug-likeness (QED) is 0.927. The summed E-state index contributed by atoms with van der Waals surface area (Å²) < 4.78 is 0. The van der Waals surface area contributed by atoms with E-state index >= 15 is 0 Å². The zero-order valence-corrected chi connectivity index (χ0v) is 11.7. The zero-order chi connectivity index (χ0) is 13.8. The Labute approximate surface area is 119 Å². The molecule has 1 aliphatic heterocycles. The zero-order valence-electron chi connectivity index (χ0n) is 11.7. The standard InChI is InChI=1S/C15H19N5/c1-20-10-4-5-12(11-20)13-7-9-17-15(18-13)19-14-6-2-3-8-16-14/h2-3,6-9,12H,4-5,10-11H2,1H3,(H,16,17,18,19). The van der Waals surface area contributed by atoms with Gasteiger partial charge in [0.2, 0.25) is 5.95 Å². The molecule has 1 unspecified atom stereocenters. The second kappa shape index (κ2) is 5.96. The molecule has 0 amide bonds. The van der Waals surface area contributed by atoms with Gasteiger partial charge >= 0.3 is 0 Å². The van der Waals surface area contributed by atoms with Crippen molar-refractivity contribution in [2.24, 2.45) is 0 Å².